The van der Waals surface area contributed by atoms with Crippen molar-refractivity contribution in [3.63, 3.8) is 0 Å². The Morgan fingerprint density at radius 3 is 2.50 bits per heavy atom. The van der Waals surface area contributed by atoms with Crippen molar-refractivity contribution in [2.75, 3.05) is 11.9 Å². The number of hydrogen-bond donors (Lipinski definition) is 1. The summed E-state index contributed by atoms with van der Waals surface area (Å²) in [5.41, 5.74) is 3.13. The lowest BCUT2D eigenvalue weighted by atomic mass is 10.0. The second kappa shape index (κ2) is 9.20. The van der Waals surface area contributed by atoms with Gasteiger partial charge in [-0.15, -0.1) is 0 Å². The number of ether oxygens (including phenoxy) is 1. The Balaban J connectivity index is 1.66. The molecular formula is C23H20ClNO3. The van der Waals surface area contributed by atoms with E-state index in [1.54, 1.807) is 36.4 Å². The van der Waals surface area contributed by atoms with Crippen LogP contribution in [0.1, 0.15) is 28.4 Å². The first kappa shape index (κ1) is 19.6. The fraction of sp³-hybridized carbons (Fsp3) is 0.130. The van der Waals surface area contributed by atoms with Gasteiger partial charge in [0.1, 0.15) is 5.75 Å². The van der Waals surface area contributed by atoms with Gasteiger partial charge in [-0.2, -0.15) is 0 Å². The monoisotopic (exact) mass is 393 g/mol. The van der Waals surface area contributed by atoms with Crippen LogP contribution < -0.4 is 10.1 Å². The second-order valence-electron chi connectivity index (χ2n) is 6.39. The number of halogens is 1. The molecule has 0 saturated heterocycles. The van der Waals surface area contributed by atoms with Crippen LogP contribution >= 0.6 is 11.6 Å². The molecule has 0 aliphatic carbocycles. The minimum Gasteiger partial charge on any atom is -0.483 e. The summed E-state index contributed by atoms with van der Waals surface area (Å²) in [6.07, 6.45) is 0.652. The van der Waals surface area contributed by atoms with Crippen LogP contribution in [0.3, 0.4) is 0 Å². The first-order valence-electron chi connectivity index (χ1n) is 8.87. The Kier molecular flexibility index (Phi) is 6.45. The summed E-state index contributed by atoms with van der Waals surface area (Å²) in [6, 6.07) is 22.1. The van der Waals surface area contributed by atoms with Crippen LogP contribution in [0.5, 0.6) is 5.75 Å². The largest absolute Gasteiger partial charge is 0.483 e. The molecule has 0 radical (unpaired) electrons. The van der Waals surface area contributed by atoms with E-state index in [2.05, 4.69) is 5.32 Å². The smallest absolute Gasteiger partial charge is 0.262 e. The Labute approximate surface area is 169 Å². The quantitative estimate of drug-likeness (QED) is 0.564. The molecule has 3 aromatic carbocycles. The lowest BCUT2D eigenvalue weighted by Gasteiger charge is -2.13. The van der Waals surface area contributed by atoms with Gasteiger partial charge in [-0.3, -0.25) is 9.59 Å². The average Bonchev–Trinajstić information content (AvgIpc) is 2.68. The number of carbonyl (C=O) groups excluding carboxylic acids is 2. The highest BCUT2D eigenvalue weighted by atomic mass is 35.5. The normalized spacial score (nSPS) is 10.4. The van der Waals surface area contributed by atoms with E-state index >= 15 is 0 Å². The maximum absolute atomic E-state index is 12.3. The summed E-state index contributed by atoms with van der Waals surface area (Å²) in [7, 11) is 0. The second-order valence-corrected chi connectivity index (χ2v) is 6.82. The van der Waals surface area contributed by atoms with Gasteiger partial charge < -0.3 is 10.1 Å². The van der Waals surface area contributed by atoms with Crippen LogP contribution in [0.15, 0.2) is 72.8 Å². The lowest BCUT2D eigenvalue weighted by Crippen LogP contribution is -2.20. The third-order valence-corrected chi connectivity index (χ3v) is 4.41. The highest BCUT2D eigenvalue weighted by Gasteiger charge is 2.10. The van der Waals surface area contributed by atoms with E-state index in [1.807, 2.05) is 36.4 Å². The molecule has 28 heavy (non-hydrogen) atoms. The lowest BCUT2D eigenvalue weighted by molar-refractivity contribution is -0.118. The number of rotatable bonds is 7. The topological polar surface area (TPSA) is 55.4 Å². The summed E-state index contributed by atoms with van der Waals surface area (Å²) < 4.78 is 5.74. The van der Waals surface area contributed by atoms with E-state index in [-0.39, 0.29) is 18.3 Å². The van der Waals surface area contributed by atoms with E-state index in [1.165, 1.54) is 6.92 Å². The first-order valence-corrected chi connectivity index (χ1v) is 9.25. The predicted molar refractivity (Wildman–Crippen MR) is 111 cm³/mol. The predicted octanol–water partition coefficient (Wildman–Crippen LogP) is 5.15. The van der Waals surface area contributed by atoms with Crippen molar-refractivity contribution in [2.24, 2.45) is 0 Å². The van der Waals surface area contributed by atoms with Crippen molar-refractivity contribution in [1.82, 2.24) is 0 Å². The fourth-order valence-corrected chi connectivity index (χ4v) is 2.99. The molecule has 1 N–H and O–H groups in total. The van der Waals surface area contributed by atoms with Gasteiger partial charge in [-0.05, 0) is 48.4 Å². The molecule has 5 heteroatoms. The SMILES string of the molecule is CC(=O)c1cccc(NC(=O)COc2ccc(Cl)cc2Cc2ccccc2)c1. The number of ketones is 1. The van der Waals surface area contributed by atoms with E-state index in [0.717, 1.165) is 11.1 Å². The minimum atomic E-state index is -0.304. The Bertz CT molecular complexity index is 986. The molecule has 0 aliphatic heterocycles. The van der Waals surface area contributed by atoms with E-state index < -0.39 is 0 Å². The number of nitrogens with one attached hydrogen (secondary N) is 1. The Hall–Kier alpha value is -3.11. The zero-order valence-electron chi connectivity index (χ0n) is 15.4. The van der Waals surface area contributed by atoms with Crippen LogP contribution in [0.4, 0.5) is 5.69 Å². The van der Waals surface area contributed by atoms with Gasteiger partial charge in [0.25, 0.3) is 5.91 Å². The van der Waals surface area contributed by atoms with Crippen LogP contribution in [0, 0.1) is 0 Å². The van der Waals surface area contributed by atoms with Crippen molar-refractivity contribution in [1.29, 1.82) is 0 Å². The number of Topliss-reactive ketones (excluding diaryl/α,β-unsaturated/α-hetero) is 1. The van der Waals surface area contributed by atoms with Crippen LogP contribution in [0.25, 0.3) is 0 Å². The van der Waals surface area contributed by atoms with Gasteiger partial charge in [0.05, 0.1) is 0 Å². The standard InChI is InChI=1S/C23H20ClNO3/c1-16(26)18-8-5-9-21(14-18)25-23(27)15-28-22-11-10-20(24)13-19(22)12-17-6-3-2-4-7-17/h2-11,13-14H,12,15H2,1H3,(H,25,27). The molecule has 0 fully saturated rings. The molecule has 0 bridgehead atoms. The summed E-state index contributed by atoms with van der Waals surface area (Å²) in [6.45, 7) is 1.34. The number of hydrogen-bond acceptors (Lipinski definition) is 3. The van der Waals surface area contributed by atoms with Gasteiger partial charge in [-0.25, -0.2) is 0 Å². The molecule has 1 amide bonds. The van der Waals surface area contributed by atoms with Crippen molar-refractivity contribution < 1.29 is 14.3 Å². The summed E-state index contributed by atoms with van der Waals surface area (Å²) in [4.78, 5) is 23.7. The molecule has 0 aliphatic rings. The molecular weight excluding hydrogens is 374 g/mol. The highest BCUT2D eigenvalue weighted by Crippen LogP contribution is 2.25. The van der Waals surface area contributed by atoms with E-state index in [9.17, 15) is 9.59 Å². The van der Waals surface area contributed by atoms with Crippen molar-refractivity contribution >= 4 is 29.0 Å². The molecule has 0 aromatic heterocycles. The third kappa shape index (κ3) is 5.44. The molecule has 0 unspecified atom stereocenters. The molecule has 0 heterocycles. The maximum Gasteiger partial charge on any atom is 0.262 e. The zero-order valence-corrected chi connectivity index (χ0v) is 16.2. The molecule has 0 saturated carbocycles. The number of anilines is 1. The van der Waals surface area contributed by atoms with Crippen molar-refractivity contribution in [3.05, 3.63) is 94.5 Å². The van der Waals surface area contributed by atoms with E-state index in [0.29, 0.717) is 28.4 Å². The number of amides is 1. The fourth-order valence-electron chi connectivity index (χ4n) is 2.80. The summed E-state index contributed by atoms with van der Waals surface area (Å²) in [5, 5.41) is 3.36. The molecule has 3 aromatic rings. The highest BCUT2D eigenvalue weighted by molar-refractivity contribution is 6.30. The van der Waals surface area contributed by atoms with Gasteiger partial charge >= 0.3 is 0 Å². The molecule has 3 rings (SSSR count). The van der Waals surface area contributed by atoms with Gasteiger partial charge in [0.2, 0.25) is 0 Å². The molecule has 142 valence electrons. The van der Waals surface area contributed by atoms with Gasteiger partial charge in [0, 0.05) is 22.7 Å². The minimum absolute atomic E-state index is 0.0564. The summed E-state index contributed by atoms with van der Waals surface area (Å²) in [5.74, 6) is 0.251. The first-order chi connectivity index (χ1) is 13.5. The maximum atomic E-state index is 12.3. The Morgan fingerprint density at radius 2 is 1.75 bits per heavy atom. The van der Waals surface area contributed by atoms with Crippen LogP contribution in [0.2, 0.25) is 5.02 Å². The van der Waals surface area contributed by atoms with Crippen molar-refractivity contribution in [3.8, 4) is 5.75 Å². The average molecular weight is 394 g/mol. The number of carbonyl (C=O) groups is 2. The van der Waals surface area contributed by atoms with Crippen LogP contribution in [-0.4, -0.2) is 18.3 Å². The van der Waals surface area contributed by atoms with Crippen LogP contribution in [-0.2, 0) is 11.2 Å². The molecule has 4 nitrogen and oxygen atoms in total. The van der Waals surface area contributed by atoms with Gasteiger partial charge in [-0.1, -0.05) is 54.1 Å². The molecule has 0 spiro atoms. The Morgan fingerprint density at radius 1 is 0.964 bits per heavy atom. The number of benzene rings is 3. The molecule has 0 atom stereocenters. The van der Waals surface area contributed by atoms with Crippen molar-refractivity contribution in [2.45, 2.75) is 13.3 Å². The summed E-state index contributed by atoms with van der Waals surface area (Å²) >= 11 is 6.13. The van der Waals surface area contributed by atoms with E-state index in [4.69, 9.17) is 16.3 Å². The zero-order chi connectivity index (χ0) is 19.9. The third-order valence-electron chi connectivity index (χ3n) is 4.17. The van der Waals surface area contributed by atoms with Gasteiger partial charge in [0.15, 0.2) is 12.4 Å².